The third-order valence-corrected chi connectivity index (χ3v) is 3.47. The molecule has 1 atom stereocenters. The molecule has 1 aromatic carbocycles. The Labute approximate surface area is 105 Å². The van der Waals surface area contributed by atoms with E-state index >= 15 is 0 Å². The molecule has 0 aliphatic carbocycles. The number of fused-ring (bicyclic) bond motifs is 1. The van der Waals surface area contributed by atoms with Crippen molar-refractivity contribution in [3.8, 4) is 0 Å². The quantitative estimate of drug-likeness (QED) is 0.888. The molecule has 1 saturated heterocycles. The SMILES string of the molecule is Cc1cc2c(cc1F)nc(N)n2CC1CCCO1. The molecule has 0 bridgehead atoms. The Hall–Kier alpha value is -1.62. The minimum absolute atomic E-state index is 0.190. The number of nitrogens with two attached hydrogens (primary N) is 1. The van der Waals surface area contributed by atoms with Crippen LogP contribution in [-0.4, -0.2) is 22.3 Å². The number of nitrogen functional groups attached to an aromatic ring is 1. The second kappa shape index (κ2) is 4.24. The third kappa shape index (κ3) is 1.84. The zero-order chi connectivity index (χ0) is 12.7. The van der Waals surface area contributed by atoms with Crippen LogP contribution in [0.5, 0.6) is 0 Å². The molecule has 0 spiro atoms. The van der Waals surface area contributed by atoms with E-state index in [-0.39, 0.29) is 11.9 Å². The molecule has 1 aliphatic heterocycles. The van der Waals surface area contributed by atoms with Crippen molar-refractivity contribution in [1.82, 2.24) is 9.55 Å². The van der Waals surface area contributed by atoms with Crippen LogP contribution >= 0.6 is 0 Å². The van der Waals surface area contributed by atoms with Crippen LogP contribution in [-0.2, 0) is 11.3 Å². The average molecular weight is 249 g/mol. The second-order valence-electron chi connectivity index (χ2n) is 4.81. The van der Waals surface area contributed by atoms with Gasteiger partial charge < -0.3 is 15.0 Å². The standard InChI is InChI=1S/C13H16FN3O/c1-8-5-12-11(6-10(8)14)16-13(15)17(12)7-9-3-2-4-18-9/h5-6,9H,2-4,7H2,1H3,(H2,15,16). The van der Waals surface area contributed by atoms with Crippen LogP contribution in [0.4, 0.5) is 10.3 Å². The maximum Gasteiger partial charge on any atom is 0.201 e. The van der Waals surface area contributed by atoms with E-state index in [9.17, 15) is 4.39 Å². The highest BCUT2D eigenvalue weighted by Gasteiger charge is 2.19. The Morgan fingerprint density at radius 3 is 3.11 bits per heavy atom. The molecule has 96 valence electrons. The number of benzene rings is 1. The fourth-order valence-corrected chi connectivity index (χ4v) is 2.45. The third-order valence-electron chi connectivity index (χ3n) is 3.47. The summed E-state index contributed by atoms with van der Waals surface area (Å²) < 4.78 is 21.0. The number of aromatic nitrogens is 2. The minimum atomic E-state index is -0.246. The van der Waals surface area contributed by atoms with Crippen molar-refractivity contribution in [3.63, 3.8) is 0 Å². The van der Waals surface area contributed by atoms with Crippen LogP contribution in [0.15, 0.2) is 12.1 Å². The summed E-state index contributed by atoms with van der Waals surface area (Å²) in [5.74, 6) is 0.176. The highest BCUT2D eigenvalue weighted by atomic mass is 19.1. The van der Waals surface area contributed by atoms with Crippen molar-refractivity contribution >= 4 is 17.0 Å². The molecule has 0 radical (unpaired) electrons. The van der Waals surface area contributed by atoms with E-state index in [4.69, 9.17) is 10.5 Å². The number of hydrogen-bond donors (Lipinski definition) is 1. The Morgan fingerprint density at radius 1 is 1.56 bits per heavy atom. The molecule has 1 aliphatic rings. The molecule has 0 saturated carbocycles. The van der Waals surface area contributed by atoms with Gasteiger partial charge in [0.05, 0.1) is 23.7 Å². The van der Waals surface area contributed by atoms with Crippen molar-refractivity contribution in [1.29, 1.82) is 0 Å². The van der Waals surface area contributed by atoms with Crippen molar-refractivity contribution in [2.45, 2.75) is 32.4 Å². The molecule has 2 heterocycles. The summed E-state index contributed by atoms with van der Waals surface area (Å²) >= 11 is 0. The lowest BCUT2D eigenvalue weighted by molar-refractivity contribution is 0.0984. The van der Waals surface area contributed by atoms with E-state index in [1.165, 1.54) is 6.07 Å². The molecular weight excluding hydrogens is 233 g/mol. The van der Waals surface area contributed by atoms with E-state index in [1.807, 2.05) is 4.57 Å². The zero-order valence-corrected chi connectivity index (χ0v) is 10.3. The first kappa shape index (κ1) is 11.5. The number of aryl methyl sites for hydroxylation is 1. The van der Waals surface area contributed by atoms with E-state index in [0.717, 1.165) is 25.0 Å². The summed E-state index contributed by atoms with van der Waals surface area (Å²) in [4.78, 5) is 4.20. The van der Waals surface area contributed by atoms with Crippen LogP contribution < -0.4 is 5.73 Å². The number of nitrogens with zero attached hydrogens (tertiary/aromatic N) is 2. The first-order valence-electron chi connectivity index (χ1n) is 6.18. The van der Waals surface area contributed by atoms with Gasteiger partial charge in [-0.05, 0) is 31.4 Å². The van der Waals surface area contributed by atoms with Gasteiger partial charge in [-0.25, -0.2) is 9.37 Å². The normalized spacial score (nSPS) is 19.8. The van der Waals surface area contributed by atoms with Crippen LogP contribution in [0.2, 0.25) is 0 Å². The van der Waals surface area contributed by atoms with E-state index in [2.05, 4.69) is 4.98 Å². The molecule has 4 nitrogen and oxygen atoms in total. The molecule has 5 heteroatoms. The van der Waals surface area contributed by atoms with Crippen molar-refractivity contribution < 1.29 is 9.13 Å². The lowest BCUT2D eigenvalue weighted by Gasteiger charge is -2.12. The number of rotatable bonds is 2. The van der Waals surface area contributed by atoms with E-state index in [1.54, 1.807) is 13.0 Å². The van der Waals surface area contributed by atoms with E-state index < -0.39 is 0 Å². The van der Waals surface area contributed by atoms with Gasteiger partial charge in [0.25, 0.3) is 0 Å². The molecule has 2 aromatic rings. The van der Waals surface area contributed by atoms with Crippen LogP contribution in [0.1, 0.15) is 18.4 Å². The smallest absolute Gasteiger partial charge is 0.201 e. The summed E-state index contributed by atoms with van der Waals surface area (Å²) in [6.07, 6.45) is 2.32. The van der Waals surface area contributed by atoms with Gasteiger partial charge >= 0.3 is 0 Å². The molecule has 1 aromatic heterocycles. The maximum absolute atomic E-state index is 13.5. The molecule has 2 N–H and O–H groups in total. The second-order valence-corrected chi connectivity index (χ2v) is 4.81. The van der Waals surface area contributed by atoms with Gasteiger partial charge in [-0.1, -0.05) is 0 Å². The number of ether oxygens (including phenoxy) is 1. The molecule has 18 heavy (non-hydrogen) atoms. The Morgan fingerprint density at radius 2 is 2.39 bits per heavy atom. The van der Waals surface area contributed by atoms with Gasteiger partial charge in [0.15, 0.2) is 0 Å². The fourth-order valence-electron chi connectivity index (χ4n) is 2.45. The van der Waals surface area contributed by atoms with Gasteiger partial charge in [-0.2, -0.15) is 0 Å². The number of anilines is 1. The Balaban J connectivity index is 2.04. The van der Waals surface area contributed by atoms with Gasteiger partial charge in [0, 0.05) is 12.7 Å². The molecule has 3 rings (SSSR count). The Kier molecular flexibility index (Phi) is 2.70. The maximum atomic E-state index is 13.5. The highest BCUT2D eigenvalue weighted by molar-refractivity contribution is 5.79. The lowest BCUT2D eigenvalue weighted by atomic mass is 10.2. The van der Waals surface area contributed by atoms with Crippen molar-refractivity contribution in [3.05, 3.63) is 23.5 Å². The molecule has 1 fully saturated rings. The van der Waals surface area contributed by atoms with Crippen molar-refractivity contribution in [2.75, 3.05) is 12.3 Å². The molecule has 1 unspecified atom stereocenters. The summed E-state index contributed by atoms with van der Waals surface area (Å²) in [6.45, 7) is 3.24. The van der Waals surface area contributed by atoms with Crippen LogP contribution in [0.25, 0.3) is 11.0 Å². The average Bonchev–Trinajstić information content (AvgIpc) is 2.92. The van der Waals surface area contributed by atoms with Gasteiger partial charge in [0.1, 0.15) is 5.82 Å². The minimum Gasteiger partial charge on any atom is -0.376 e. The summed E-state index contributed by atoms with van der Waals surface area (Å²) in [5, 5.41) is 0. The lowest BCUT2D eigenvalue weighted by Crippen LogP contribution is -2.16. The summed E-state index contributed by atoms with van der Waals surface area (Å²) in [5.41, 5.74) is 7.99. The predicted molar refractivity (Wildman–Crippen MR) is 67.8 cm³/mol. The zero-order valence-electron chi connectivity index (χ0n) is 10.3. The first-order chi connectivity index (χ1) is 8.65. The predicted octanol–water partition coefficient (Wildman–Crippen LogP) is 2.25. The van der Waals surface area contributed by atoms with Gasteiger partial charge in [-0.15, -0.1) is 0 Å². The summed E-state index contributed by atoms with van der Waals surface area (Å²) in [6, 6.07) is 3.23. The number of halogens is 1. The van der Waals surface area contributed by atoms with E-state index in [0.29, 0.717) is 23.6 Å². The largest absolute Gasteiger partial charge is 0.376 e. The van der Waals surface area contributed by atoms with Crippen LogP contribution in [0, 0.1) is 12.7 Å². The highest BCUT2D eigenvalue weighted by Crippen LogP contribution is 2.24. The van der Waals surface area contributed by atoms with Gasteiger partial charge in [-0.3, -0.25) is 0 Å². The topological polar surface area (TPSA) is 53.1 Å². The Bertz CT molecular complexity index is 587. The first-order valence-corrected chi connectivity index (χ1v) is 6.18. The number of hydrogen-bond acceptors (Lipinski definition) is 3. The monoisotopic (exact) mass is 249 g/mol. The van der Waals surface area contributed by atoms with Crippen molar-refractivity contribution in [2.24, 2.45) is 0 Å². The van der Waals surface area contributed by atoms with Gasteiger partial charge in [0.2, 0.25) is 5.95 Å². The molecular formula is C13H16FN3O. The van der Waals surface area contributed by atoms with Crippen LogP contribution in [0.3, 0.4) is 0 Å². The fraction of sp³-hybridized carbons (Fsp3) is 0.462. The summed E-state index contributed by atoms with van der Waals surface area (Å²) in [7, 11) is 0. The molecule has 0 amide bonds. The number of imidazole rings is 1.